The normalized spacial score (nSPS) is 20.2. The maximum absolute atomic E-state index is 5.52. The molecule has 8 heteroatoms. The van der Waals surface area contributed by atoms with E-state index in [1.54, 1.807) is 7.11 Å². The number of para-hydroxylation sites is 2. The number of anilines is 1. The Balaban J connectivity index is 0.00000300. The van der Waals surface area contributed by atoms with Crippen LogP contribution in [0.15, 0.2) is 29.3 Å². The molecule has 7 nitrogen and oxygen atoms in total. The van der Waals surface area contributed by atoms with Crippen LogP contribution in [0.3, 0.4) is 0 Å². The summed E-state index contributed by atoms with van der Waals surface area (Å²) >= 11 is 0. The third-order valence-electron chi connectivity index (χ3n) is 5.93. The van der Waals surface area contributed by atoms with Crippen LogP contribution in [0.25, 0.3) is 0 Å². The fourth-order valence-electron chi connectivity index (χ4n) is 4.01. The molecule has 1 unspecified atom stereocenters. The van der Waals surface area contributed by atoms with Gasteiger partial charge in [0.15, 0.2) is 5.96 Å². The first-order valence-electron chi connectivity index (χ1n) is 10.4. The minimum Gasteiger partial charge on any atom is -0.495 e. The fourth-order valence-corrected chi connectivity index (χ4v) is 4.01. The summed E-state index contributed by atoms with van der Waals surface area (Å²) < 4.78 is 5.52. The molecule has 1 aromatic rings. The molecule has 0 aromatic heterocycles. The van der Waals surface area contributed by atoms with Crippen LogP contribution in [0, 0.1) is 0 Å². The quantitative estimate of drug-likeness (QED) is 0.365. The maximum Gasteiger partial charge on any atom is 0.193 e. The number of ether oxygens (including phenoxy) is 1. The topological polar surface area (TPSA) is 46.6 Å². The van der Waals surface area contributed by atoms with Gasteiger partial charge in [0.1, 0.15) is 5.75 Å². The first kappa shape index (κ1) is 24.0. The summed E-state index contributed by atoms with van der Waals surface area (Å²) in [7, 11) is 5.82. The van der Waals surface area contributed by atoms with Crippen LogP contribution in [0.5, 0.6) is 5.75 Å². The average Bonchev–Trinajstić information content (AvgIpc) is 2.75. The summed E-state index contributed by atoms with van der Waals surface area (Å²) in [6.45, 7) is 11.7. The lowest BCUT2D eigenvalue weighted by atomic mass is 10.2. The van der Waals surface area contributed by atoms with Crippen molar-refractivity contribution >= 4 is 35.6 Å². The highest BCUT2D eigenvalue weighted by atomic mass is 127. The molecule has 164 valence electrons. The van der Waals surface area contributed by atoms with Crippen LogP contribution < -0.4 is 15.0 Å². The lowest BCUT2D eigenvalue weighted by molar-refractivity contribution is 0.119. The van der Waals surface area contributed by atoms with Crippen LogP contribution >= 0.6 is 24.0 Å². The lowest BCUT2D eigenvalue weighted by Crippen LogP contribution is -2.55. The molecule has 0 spiro atoms. The Labute approximate surface area is 193 Å². The minimum atomic E-state index is 0. The molecule has 0 amide bonds. The number of nitrogens with zero attached hydrogens (tertiary/aromatic N) is 5. The van der Waals surface area contributed by atoms with Gasteiger partial charge < -0.3 is 24.8 Å². The zero-order chi connectivity index (χ0) is 19.9. The lowest BCUT2D eigenvalue weighted by Gasteiger charge is -2.39. The number of halogens is 1. The molecule has 0 radical (unpaired) electrons. The van der Waals surface area contributed by atoms with Crippen LogP contribution in [-0.2, 0) is 0 Å². The SMILES string of the molecule is CN=C(NCC(C)N1CCN(C)CC1)N1CCN(c2ccccc2OC)CC1.I. The average molecular weight is 516 g/mol. The summed E-state index contributed by atoms with van der Waals surface area (Å²) in [5.74, 6) is 1.96. The molecule has 1 atom stereocenters. The first-order valence-corrected chi connectivity index (χ1v) is 10.4. The van der Waals surface area contributed by atoms with Gasteiger partial charge in [0.2, 0.25) is 0 Å². The van der Waals surface area contributed by atoms with Gasteiger partial charge >= 0.3 is 0 Å². The first-order chi connectivity index (χ1) is 13.6. The largest absolute Gasteiger partial charge is 0.495 e. The van der Waals surface area contributed by atoms with Crippen LogP contribution in [0.1, 0.15) is 6.92 Å². The molecular weight excluding hydrogens is 479 g/mol. The Morgan fingerprint density at radius 3 is 2.34 bits per heavy atom. The molecule has 1 aromatic carbocycles. The van der Waals surface area contributed by atoms with Crippen molar-refractivity contribution in [3.05, 3.63) is 24.3 Å². The van der Waals surface area contributed by atoms with E-state index in [2.05, 4.69) is 56.0 Å². The highest BCUT2D eigenvalue weighted by Crippen LogP contribution is 2.28. The number of hydrogen-bond donors (Lipinski definition) is 1. The van der Waals surface area contributed by atoms with Crippen molar-refractivity contribution in [2.45, 2.75) is 13.0 Å². The Kier molecular flexibility index (Phi) is 9.78. The smallest absolute Gasteiger partial charge is 0.193 e. The number of hydrogen-bond acceptors (Lipinski definition) is 5. The van der Waals surface area contributed by atoms with Gasteiger partial charge in [-0.1, -0.05) is 12.1 Å². The predicted molar refractivity (Wildman–Crippen MR) is 132 cm³/mol. The van der Waals surface area contributed by atoms with Crippen molar-refractivity contribution in [3.63, 3.8) is 0 Å². The van der Waals surface area contributed by atoms with E-state index in [0.29, 0.717) is 6.04 Å². The summed E-state index contributed by atoms with van der Waals surface area (Å²) in [4.78, 5) is 14.3. The van der Waals surface area contributed by atoms with E-state index >= 15 is 0 Å². The number of likely N-dealkylation sites (N-methyl/N-ethyl adjacent to an activating group) is 1. The van der Waals surface area contributed by atoms with Crippen LogP contribution in [0.4, 0.5) is 5.69 Å². The predicted octanol–water partition coefficient (Wildman–Crippen LogP) is 1.65. The van der Waals surface area contributed by atoms with E-state index in [1.807, 2.05) is 19.2 Å². The number of guanidine groups is 1. The molecule has 1 N–H and O–H groups in total. The van der Waals surface area contributed by atoms with E-state index in [4.69, 9.17) is 4.74 Å². The summed E-state index contributed by atoms with van der Waals surface area (Å²) in [6, 6.07) is 8.78. The van der Waals surface area contributed by atoms with Gasteiger partial charge in [0, 0.05) is 72.0 Å². The van der Waals surface area contributed by atoms with Crippen molar-refractivity contribution < 1.29 is 4.74 Å². The molecule has 2 aliphatic heterocycles. The van der Waals surface area contributed by atoms with Crippen molar-refractivity contribution in [3.8, 4) is 5.75 Å². The van der Waals surface area contributed by atoms with Crippen molar-refractivity contribution in [2.75, 3.05) is 85.0 Å². The molecule has 0 bridgehead atoms. The van der Waals surface area contributed by atoms with Gasteiger partial charge in [-0.15, -0.1) is 24.0 Å². The molecule has 2 fully saturated rings. The summed E-state index contributed by atoms with van der Waals surface area (Å²) in [6.07, 6.45) is 0. The van der Waals surface area contributed by atoms with Crippen molar-refractivity contribution in [1.29, 1.82) is 0 Å². The maximum atomic E-state index is 5.52. The third-order valence-corrected chi connectivity index (χ3v) is 5.93. The molecule has 2 saturated heterocycles. The van der Waals surface area contributed by atoms with E-state index < -0.39 is 0 Å². The summed E-state index contributed by atoms with van der Waals surface area (Å²) in [5, 5.41) is 3.60. The van der Waals surface area contributed by atoms with Gasteiger partial charge in [0.25, 0.3) is 0 Å². The van der Waals surface area contributed by atoms with Crippen molar-refractivity contribution in [2.24, 2.45) is 4.99 Å². The van der Waals surface area contributed by atoms with Crippen LogP contribution in [0.2, 0.25) is 0 Å². The Hall–Kier alpha value is -1.26. The molecular formula is C21H37IN6O. The fraction of sp³-hybridized carbons (Fsp3) is 0.667. The van der Waals surface area contributed by atoms with Gasteiger partial charge in [-0.3, -0.25) is 9.89 Å². The monoisotopic (exact) mass is 516 g/mol. The third kappa shape index (κ3) is 6.36. The standard InChI is InChI=1S/C21H36N6O.HI/c1-18(25-11-9-24(3)10-12-25)17-23-21(22-2)27-15-13-26(14-16-27)19-7-5-6-8-20(19)28-4;/h5-8,18H,9-17H2,1-4H3,(H,22,23);1H. The molecule has 29 heavy (non-hydrogen) atoms. The zero-order valence-corrected chi connectivity index (χ0v) is 20.6. The number of benzene rings is 1. The second-order valence-corrected chi connectivity index (χ2v) is 7.76. The number of aliphatic imine (C=N–C) groups is 1. The highest BCUT2D eigenvalue weighted by Gasteiger charge is 2.23. The number of rotatable bonds is 5. The van der Waals surface area contributed by atoms with Gasteiger partial charge in [-0.25, -0.2) is 0 Å². The number of nitrogens with one attached hydrogen (secondary N) is 1. The van der Waals surface area contributed by atoms with E-state index in [-0.39, 0.29) is 24.0 Å². The Bertz CT molecular complexity index is 642. The van der Waals surface area contributed by atoms with E-state index in [1.165, 1.54) is 5.69 Å². The summed E-state index contributed by atoms with van der Waals surface area (Å²) in [5.41, 5.74) is 1.18. The van der Waals surface area contributed by atoms with Gasteiger partial charge in [0.05, 0.1) is 12.8 Å². The minimum absolute atomic E-state index is 0. The molecule has 0 aliphatic carbocycles. The Morgan fingerprint density at radius 2 is 1.72 bits per heavy atom. The molecule has 0 saturated carbocycles. The molecule has 2 heterocycles. The Morgan fingerprint density at radius 1 is 1.07 bits per heavy atom. The number of piperazine rings is 2. The van der Waals surface area contributed by atoms with E-state index in [0.717, 1.165) is 70.6 Å². The second-order valence-electron chi connectivity index (χ2n) is 7.76. The second kappa shape index (κ2) is 11.8. The van der Waals surface area contributed by atoms with Gasteiger partial charge in [-0.2, -0.15) is 0 Å². The van der Waals surface area contributed by atoms with Crippen LogP contribution in [-0.4, -0.2) is 107 Å². The van der Waals surface area contributed by atoms with E-state index in [9.17, 15) is 0 Å². The zero-order valence-electron chi connectivity index (χ0n) is 18.3. The van der Waals surface area contributed by atoms with Crippen molar-refractivity contribution in [1.82, 2.24) is 20.0 Å². The molecule has 2 aliphatic rings. The number of methoxy groups -OCH3 is 1. The molecule has 3 rings (SSSR count). The highest BCUT2D eigenvalue weighted by molar-refractivity contribution is 14.0. The van der Waals surface area contributed by atoms with Gasteiger partial charge in [-0.05, 0) is 26.1 Å².